The minimum atomic E-state index is -0.0552. The maximum atomic E-state index is 11.1. The summed E-state index contributed by atoms with van der Waals surface area (Å²) in [4.78, 5) is 11.1. The minimum absolute atomic E-state index is 0.0552. The van der Waals surface area contributed by atoms with Crippen molar-refractivity contribution in [3.05, 3.63) is 22.2 Å². The summed E-state index contributed by atoms with van der Waals surface area (Å²) >= 11 is 4.82. The first-order chi connectivity index (χ1) is 11.1. The molecule has 124 valence electrons. The van der Waals surface area contributed by atoms with Crippen LogP contribution in [0.1, 0.15) is 25.3 Å². The zero-order valence-corrected chi connectivity index (χ0v) is 15.4. The molecule has 0 unspecified atom stereocenters. The number of amides is 1. The largest absolute Gasteiger partial charge is 0.493 e. The molecule has 8 heteroatoms. The molecule has 0 spiro atoms. The second-order valence-corrected chi connectivity index (χ2v) is 6.53. The van der Waals surface area contributed by atoms with Crippen molar-refractivity contribution in [3.63, 3.8) is 0 Å². The number of hydrogen-bond donors (Lipinski definition) is 1. The first-order valence-electron chi connectivity index (χ1n) is 7.18. The number of hydrogen-bond acceptors (Lipinski definition) is 6. The van der Waals surface area contributed by atoms with Crippen molar-refractivity contribution in [3.8, 4) is 11.5 Å². The summed E-state index contributed by atoms with van der Waals surface area (Å²) in [5, 5.41) is 11.1. The number of methoxy groups -OCH3 is 1. The number of ether oxygens (including phenoxy) is 2. The monoisotopic (exact) mass is 399 g/mol. The number of thioether (sulfide) groups is 1. The second-order valence-electron chi connectivity index (χ2n) is 4.71. The highest BCUT2D eigenvalue weighted by Crippen LogP contribution is 2.33. The van der Waals surface area contributed by atoms with Gasteiger partial charge in [0.2, 0.25) is 5.91 Å². The summed E-state index contributed by atoms with van der Waals surface area (Å²) < 4.78 is 11.9. The zero-order valence-electron chi connectivity index (χ0n) is 13.0. The van der Waals surface area contributed by atoms with Crippen molar-refractivity contribution in [2.24, 2.45) is 10.2 Å². The van der Waals surface area contributed by atoms with Crippen LogP contribution in [-0.2, 0) is 4.79 Å². The summed E-state index contributed by atoms with van der Waals surface area (Å²) in [5.41, 5.74) is 0.809. The van der Waals surface area contributed by atoms with Crippen molar-refractivity contribution in [2.75, 3.05) is 19.5 Å². The van der Waals surface area contributed by atoms with Gasteiger partial charge in [-0.2, -0.15) is 5.10 Å². The second kappa shape index (κ2) is 8.93. The van der Waals surface area contributed by atoms with Gasteiger partial charge >= 0.3 is 0 Å². The minimum Gasteiger partial charge on any atom is -0.493 e. The SMILES string of the molecule is CCCCOc1cc(Br)c(C=NN=C2NC(=O)CS2)cc1OC. The number of nitrogens with zero attached hydrogens (tertiary/aromatic N) is 2. The lowest BCUT2D eigenvalue weighted by molar-refractivity contribution is -0.116. The van der Waals surface area contributed by atoms with E-state index in [4.69, 9.17) is 9.47 Å². The van der Waals surface area contributed by atoms with E-state index in [1.165, 1.54) is 11.8 Å². The number of rotatable bonds is 7. The van der Waals surface area contributed by atoms with Crippen LogP contribution in [0, 0.1) is 0 Å². The van der Waals surface area contributed by atoms with Gasteiger partial charge in [0.25, 0.3) is 0 Å². The third kappa shape index (κ3) is 5.24. The molecule has 6 nitrogen and oxygen atoms in total. The van der Waals surface area contributed by atoms with E-state index in [1.807, 2.05) is 12.1 Å². The third-order valence-corrected chi connectivity index (χ3v) is 4.52. The number of benzene rings is 1. The number of carbonyl (C=O) groups is 1. The highest BCUT2D eigenvalue weighted by Gasteiger charge is 2.16. The smallest absolute Gasteiger partial charge is 0.236 e. The molecular formula is C15H18BrN3O3S. The number of carbonyl (C=O) groups excluding carboxylic acids is 1. The number of halogens is 1. The van der Waals surface area contributed by atoms with E-state index in [2.05, 4.69) is 38.4 Å². The average Bonchev–Trinajstić information content (AvgIpc) is 2.95. The van der Waals surface area contributed by atoms with E-state index in [0.29, 0.717) is 29.0 Å². The Morgan fingerprint density at radius 1 is 1.43 bits per heavy atom. The molecule has 0 radical (unpaired) electrons. The average molecular weight is 400 g/mol. The van der Waals surface area contributed by atoms with E-state index in [0.717, 1.165) is 22.9 Å². The Labute approximate surface area is 147 Å². The predicted octanol–water partition coefficient (Wildman–Crippen LogP) is 3.19. The highest BCUT2D eigenvalue weighted by molar-refractivity contribution is 9.10. The quantitative estimate of drug-likeness (QED) is 0.434. The standard InChI is InChI=1S/C15H18BrN3O3S/c1-3-4-5-22-13-7-11(16)10(6-12(13)21-2)8-17-19-15-18-14(20)9-23-15/h6-8H,3-5,9H2,1-2H3,(H,18,19,20). The molecular weight excluding hydrogens is 382 g/mol. The Morgan fingerprint density at radius 2 is 2.26 bits per heavy atom. The Balaban J connectivity index is 2.11. The van der Waals surface area contributed by atoms with Crippen LogP contribution in [0.25, 0.3) is 0 Å². The summed E-state index contributed by atoms with van der Waals surface area (Å²) in [6.45, 7) is 2.76. The summed E-state index contributed by atoms with van der Waals surface area (Å²) in [7, 11) is 1.60. The van der Waals surface area contributed by atoms with Crippen LogP contribution in [0.5, 0.6) is 11.5 Å². The lowest BCUT2D eigenvalue weighted by atomic mass is 10.2. The van der Waals surface area contributed by atoms with E-state index in [-0.39, 0.29) is 5.91 Å². The molecule has 1 aromatic rings. The van der Waals surface area contributed by atoms with Gasteiger partial charge in [0, 0.05) is 10.0 Å². The molecule has 0 saturated carbocycles. The molecule has 2 rings (SSSR count). The van der Waals surface area contributed by atoms with Gasteiger partial charge in [-0.05, 0) is 34.5 Å². The van der Waals surface area contributed by atoms with E-state index in [1.54, 1.807) is 13.3 Å². The molecule has 1 aromatic carbocycles. The summed E-state index contributed by atoms with van der Waals surface area (Å²) in [6.07, 6.45) is 3.66. The summed E-state index contributed by atoms with van der Waals surface area (Å²) in [6, 6.07) is 3.69. The fourth-order valence-electron chi connectivity index (χ4n) is 1.77. The maximum Gasteiger partial charge on any atom is 0.236 e. The van der Waals surface area contributed by atoms with Gasteiger partial charge in [-0.3, -0.25) is 4.79 Å². The van der Waals surface area contributed by atoms with E-state index < -0.39 is 0 Å². The van der Waals surface area contributed by atoms with Crippen LogP contribution in [0.3, 0.4) is 0 Å². The predicted molar refractivity (Wildman–Crippen MR) is 96.7 cm³/mol. The van der Waals surface area contributed by atoms with E-state index >= 15 is 0 Å². The van der Waals surface area contributed by atoms with E-state index in [9.17, 15) is 4.79 Å². The molecule has 23 heavy (non-hydrogen) atoms. The van der Waals surface area contributed by atoms with Gasteiger partial charge in [0.1, 0.15) is 0 Å². The van der Waals surface area contributed by atoms with Crippen LogP contribution >= 0.6 is 27.7 Å². The van der Waals surface area contributed by atoms with Crippen molar-refractivity contribution >= 4 is 45.0 Å². The third-order valence-electron chi connectivity index (χ3n) is 2.97. The van der Waals surface area contributed by atoms with Crippen molar-refractivity contribution in [1.82, 2.24) is 5.32 Å². The Bertz CT molecular complexity index is 635. The molecule has 0 atom stereocenters. The molecule has 1 aliphatic rings. The Morgan fingerprint density at radius 3 is 2.91 bits per heavy atom. The molecule has 1 aliphatic heterocycles. The highest BCUT2D eigenvalue weighted by atomic mass is 79.9. The molecule has 1 saturated heterocycles. The number of nitrogens with one attached hydrogen (secondary N) is 1. The van der Waals surface area contributed by atoms with Crippen LogP contribution < -0.4 is 14.8 Å². The lowest BCUT2D eigenvalue weighted by Gasteiger charge is -2.12. The van der Waals surface area contributed by atoms with Gasteiger partial charge in [0.05, 0.1) is 25.7 Å². The molecule has 1 fully saturated rings. The first kappa shape index (κ1) is 17.8. The van der Waals surface area contributed by atoms with Gasteiger partial charge < -0.3 is 14.8 Å². The van der Waals surface area contributed by atoms with Crippen LogP contribution in [0.15, 0.2) is 26.8 Å². The topological polar surface area (TPSA) is 72.3 Å². The maximum absolute atomic E-state index is 11.1. The number of amidine groups is 1. The Hall–Kier alpha value is -1.54. The van der Waals surface area contributed by atoms with Crippen LogP contribution in [0.2, 0.25) is 0 Å². The van der Waals surface area contributed by atoms with Gasteiger partial charge in [-0.15, -0.1) is 5.10 Å². The van der Waals surface area contributed by atoms with Gasteiger partial charge in [0.15, 0.2) is 16.7 Å². The molecule has 1 heterocycles. The Kier molecular flexibility index (Phi) is 6.91. The fourth-order valence-corrected chi connectivity index (χ4v) is 2.83. The van der Waals surface area contributed by atoms with Crippen molar-refractivity contribution in [2.45, 2.75) is 19.8 Å². The lowest BCUT2D eigenvalue weighted by Crippen LogP contribution is -2.19. The first-order valence-corrected chi connectivity index (χ1v) is 8.96. The molecule has 0 bridgehead atoms. The summed E-state index contributed by atoms with van der Waals surface area (Å²) in [5.74, 6) is 1.66. The zero-order chi connectivity index (χ0) is 16.7. The molecule has 0 aromatic heterocycles. The van der Waals surface area contributed by atoms with Crippen molar-refractivity contribution < 1.29 is 14.3 Å². The van der Waals surface area contributed by atoms with Gasteiger partial charge in [-0.25, -0.2) is 0 Å². The number of unbranched alkanes of at least 4 members (excludes halogenated alkanes) is 1. The fraction of sp³-hybridized carbons (Fsp3) is 0.400. The normalized spacial score (nSPS) is 16.1. The van der Waals surface area contributed by atoms with Crippen LogP contribution in [-0.4, -0.2) is 36.8 Å². The molecule has 0 aliphatic carbocycles. The van der Waals surface area contributed by atoms with Gasteiger partial charge in [-0.1, -0.05) is 25.1 Å². The molecule has 1 N–H and O–H groups in total. The van der Waals surface area contributed by atoms with Crippen molar-refractivity contribution in [1.29, 1.82) is 0 Å². The van der Waals surface area contributed by atoms with Crippen LogP contribution in [0.4, 0.5) is 0 Å². The molecule has 1 amide bonds.